The number of primary amides is 1. The monoisotopic (exact) mass is 365 g/mol. The van der Waals surface area contributed by atoms with Crippen LogP contribution in [0.2, 0.25) is 0 Å². The van der Waals surface area contributed by atoms with E-state index in [1.807, 2.05) is 36.4 Å². The number of rotatable bonds is 5. The molecular weight excluding hydrogens is 348 g/mol. The minimum atomic E-state index is -0.464. The maximum Gasteiger partial charge on any atom is 0.236 e. The Bertz CT molecular complexity index is 451. The van der Waals surface area contributed by atoms with E-state index in [1.165, 1.54) is 6.07 Å². The van der Waals surface area contributed by atoms with Crippen LogP contribution in [0.5, 0.6) is 0 Å². The molecule has 1 aromatic rings. The molecule has 4 N–H and O–H groups in total. The summed E-state index contributed by atoms with van der Waals surface area (Å²) in [5.74, 6) is -0.502. The standard InChI is InChI=1S/C12H17FIN3O/c1-7(2)5-17(6-12(16)18)11-3-8(13)9(14)4-10(11)15/h3-4,7H,5-6,15H2,1-2H3,(H2,16,18). The molecule has 1 rings (SSSR count). The number of amides is 1. The summed E-state index contributed by atoms with van der Waals surface area (Å²) in [5, 5.41) is 0. The molecule has 0 aliphatic heterocycles. The van der Waals surface area contributed by atoms with Gasteiger partial charge >= 0.3 is 0 Å². The molecule has 0 saturated heterocycles. The van der Waals surface area contributed by atoms with Crippen LogP contribution in [-0.2, 0) is 4.79 Å². The van der Waals surface area contributed by atoms with E-state index in [0.717, 1.165) is 0 Å². The van der Waals surface area contributed by atoms with Gasteiger partial charge in [-0.15, -0.1) is 0 Å². The third-order valence-electron chi connectivity index (χ3n) is 2.34. The Kier molecular flexibility index (Phi) is 5.18. The summed E-state index contributed by atoms with van der Waals surface area (Å²) in [4.78, 5) is 12.8. The van der Waals surface area contributed by atoms with Crippen molar-refractivity contribution in [2.45, 2.75) is 13.8 Å². The zero-order valence-electron chi connectivity index (χ0n) is 10.4. The summed E-state index contributed by atoms with van der Waals surface area (Å²) in [6.07, 6.45) is 0. The number of hydrogen-bond acceptors (Lipinski definition) is 3. The Morgan fingerprint density at radius 1 is 1.50 bits per heavy atom. The Morgan fingerprint density at radius 2 is 2.11 bits per heavy atom. The Morgan fingerprint density at radius 3 is 2.61 bits per heavy atom. The maximum atomic E-state index is 13.6. The van der Waals surface area contributed by atoms with Crippen molar-refractivity contribution in [3.05, 3.63) is 21.5 Å². The molecule has 4 nitrogen and oxygen atoms in total. The molecule has 0 saturated carbocycles. The molecule has 6 heteroatoms. The van der Waals surface area contributed by atoms with Crippen molar-refractivity contribution < 1.29 is 9.18 Å². The largest absolute Gasteiger partial charge is 0.397 e. The fourth-order valence-electron chi connectivity index (χ4n) is 1.70. The van der Waals surface area contributed by atoms with Crippen LogP contribution in [0.15, 0.2) is 12.1 Å². The first-order valence-electron chi connectivity index (χ1n) is 5.59. The first-order valence-corrected chi connectivity index (χ1v) is 6.67. The normalized spacial score (nSPS) is 10.7. The molecule has 0 atom stereocenters. The van der Waals surface area contributed by atoms with Gasteiger partial charge in [0, 0.05) is 12.6 Å². The van der Waals surface area contributed by atoms with Gasteiger partial charge in [-0.25, -0.2) is 4.39 Å². The minimum Gasteiger partial charge on any atom is -0.397 e. The van der Waals surface area contributed by atoms with E-state index >= 15 is 0 Å². The fraction of sp³-hybridized carbons (Fsp3) is 0.417. The van der Waals surface area contributed by atoms with Gasteiger partial charge in [-0.3, -0.25) is 4.79 Å². The van der Waals surface area contributed by atoms with Gasteiger partial charge in [-0.2, -0.15) is 0 Å². The quantitative estimate of drug-likeness (QED) is 0.619. The second-order valence-corrected chi connectivity index (χ2v) is 5.73. The lowest BCUT2D eigenvalue weighted by atomic mass is 10.1. The van der Waals surface area contributed by atoms with Crippen LogP contribution in [0, 0.1) is 15.3 Å². The van der Waals surface area contributed by atoms with Crippen LogP contribution in [0.3, 0.4) is 0 Å². The molecule has 0 radical (unpaired) electrons. The third-order valence-corrected chi connectivity index (χ3v) is 3.17. The maximum absolute atomic E-state index is 13.6. The molecule has 0 unspecified atom stereocenters. The third kappa shape index (κ3) is 4.01. The van der Waals surface area contributed by atoms with Crippen LogP contribution < -0.4 is 16.4 Å². The highest BCUT2D eigenvalue weighted by molar-refractivity contribution is 14.1. The van der Waals surface area contributed by atoms with Crippen LogP contribution in [0.4, 0.5) is 15.8 Å². The molecule has 1 amide bonds. The first kappa shape index (κ1) is 15.0. The molecule has 0 bridgehead atoms. The van der Waals surface area contributed by atoms with Gasteiger partial charge < -0.3 is 16.4 Å². The van der Waals surface area contributed by atoms with Crippen molar-refractivity contribution in [2.24, 2.45) is 11.7 Å². The summed E-state index contributed by atoms with van der Waals surface area (Å²) >= 11 is 1.88. The minimum absolute atomic E-state index is 0.0302. The number of carbonyl (C=O) groups excluding carboxylic acids is 1. The molecule has 1 aromatic carbocycles. The van der Waals surface area contributed by atoms with Crippen molar-refractivity contribution in [2.75, 3.05) is 23.7 Å². The molecule has 0 aliphatic rings. The lowest BCUT2D eigenvalue weighted by Crippen LogP contribution is -2.36. The number of nitrogens with zero attached hydrogens (tertiary/aromatic N) is 1. The summed E-state index contributed by atoms with van der Waals surface area (Å²) in [5.41, 5.74) is 12.0. The van der Waals surface area contributed by atoms with Crippen molar-refractivity contribution in [1.29, 1.82) is 0 Å². The fourth-order valence-corrected chi connectivity index (χ4v) is 2.19. The van der Waals surface area contributed by atoms with Gasteiger partial charge in [0.1, 0.15) is 5.82 Å². The summed E-state index contributed by atoms with van der Waals surface area (Å²) in [6.45, 7) is 4.63. The Labute approximate surface area is 120 Å². The predicted octanol–water partition coefficient (Wildman–Crippen LogP) is 1.96. The number of halogens is 2. The van der Waals surface area contributed by atoms with Crippen molar-refractivity contribution in [1.82, 2.24) is 0 Å². The van der Waals surface area contributed by atoms with E-state index in [1.54, 1.807) is 11.0 Å². The highest BCUT2D eigenvalue weighted by Crippen LogP contribution is 2.28. The van der Waals surface area contributed by atoms with Crippen molar-refractivity contribution >= 4 is 39.9 Å². The lowest BCUT2D eigenvalue weighted by molar-refractivity contribution is -0.116. The van der Waals surface area contributed by atoms with E-state index < -0.39 is 5.91 Å². The van der Waals surface area contributed by atoms with E-state index in [4.69, 9.17) is 11.5 Å². The summed E-state index contributed by atoms with van der Waals surface area (Å²) in [7, 11) is 0. The van der Waals surface area contributed by atoms with Crippen molar-refractivity contribution in [3.8, 4) is 0 Å². The number of nitrogens with two attached hydrogens (primary N) is 2. The van der Waals surface area contributed by atoms with E-state index in [0.29, 0.717) is 27.4 Å². The number of benzene rings is 1. The molecule has 0 spiro atoms. The van der Waals surface area contributed by atoms with E-state index in [-0.39, 0.29) is 12.4 Å². The molecular formula is C12H17FIN3O. The average molecular weight is 365 g/mol. The van der Waals surface area contributed by atoms with Crippen molar-refractivity contribution in [3.63, 3.8) is 0 Å². The second-order valence-electron chi connectivity index (χ2n) is 4.57. The molecule has 0 aliphatic carbocycles. The molecule has 0 aromatic heterocycles. The summed E-state index contributed by atoms with van der Waals surface area (Å²) in [6, 6.07) is 2.90. The molecule has 0 fully saturated rings. The van der Waals surface area contributed by atoms with Gasteiger partial charge in [-0.1, -0.05) is 13.8 Å². The lowest BCUT2D eigenvalue weighted by Gasteiger charge is -2.26. The average Bonchev–Trinajstić information content (AvgIpc) is 2.21. The highest BCUT2D eigenvalue weighted by Gasteiger charge is 2.16. The first-order chi connectivity index (χ1) is 8.31. The smallest absolute Gasteiger partial charge is 0.236 e. The number of nitrogen functional groups attached to an aromatic ring is 1. The van der Waals surface area contributed by atoms with Gasteiger partial charge in [0.05, 0.1) is 21.5 Å². The SMILES string of the molecule is CC(C)CN(CC(N)=O)c1cc(F)c(I)cc1N. The van der Waals surface area contributed by atoms with E-state index in [9.17, 15) is 9.18 Å². The number of hydrogen-bond donors (Lipinski definition) is 2. The Hall–Kier alpha value is -1.05. The molecule has 100 valence electrons. The van der Waals surface area contributed by atoms with E-state index in [2.05, 4.69) is 0 Å². The highest BCUT2D eigenvalue weighted by atomic mass is 127. The van der Waals surface area contributed by atoms with Crippen LogP contribution in [0.25, 0.3) is 0 Å². The topological polar surface area (TPSA) is 72.3 Å². The predicted molar refractivity (Wildman–Crippen MR) is 79.8 cm³/mol. The van der Waals surface area contributed by atoms with Crippen LogP contribution >= 0.6 is 22.6 Å². The van der Waals surface area contributed by atoms with Crippen LogP contribution in [0.1, 0.15) is 13.8 Å². The van der Waals surface area contributed by atoms with Gasteiger partial charge in [0.25, 0.3) is 0 Å². The zero-order chi connectivity index (χ0) is 13.9. The van der Waals surface area contributed by atoms with Gasteiger partial charge in [-0.05, 0) is 34.6 Å². The molecule has 18 heavy (non-hydrogen) atoms. The number of carbonyl (C=O) groups is 1. The second kappa shape index (κ2) is 6.21. The Balaban J connectivity index is 3.11. The summed E-state index contributed by atoms with van der Waals surface area (Å²) < 4.78 is 14.0. The number of anilines is 2. The molecule has 0 heterocycles. The zero-order valence-corrected chi connectivity index (χ0v) is 12.6. The van der Waals surface area contributed by atoms with Gasteiger partial charge in [0.15, 0.2) is 0 Å². The van der Waals surface area contributed by atoms with Crippen LogP contribution in [-0.4, -0.2) is 19.0 Å². The van der Waals surface area contributed by atoms with Gasteiger partial charge in [0.2, 0.25) is 5.91 Å².